The maximum absolute atomic E-state index is 13.2. The van der Waals surface area contributed by atoms with Gasteiger partial charge in [-0.3, -0.25) is 9.69 Å². The minimum Gasteiger partial charge on any atom is -0.508 e. The van der Waals surface area contributed by atoms with Gasteiger partial charge < -0.3 is 5.11 Å². The summed E-state index contributed by atoms with van der Waals surface area (Å²) in [5.41, 5.74) is 1.10. The number of benzene rings is 2. The van der Waals surface area contributed by atoms with Crippen molar-refractivity contribution in [2.45, 2.75) is 0 Å². The van der Waals surface area contributed by atoms with Crippen molar-refractivity contribution in [3.8, 4) is 5.75 Å². The second-order valence-electron chi connectivity index (χ2n) is 4.59. The summed E-state index contributed by atoms with van der Waals surface area (Å²) in [5, 5.41) is 9.53. The number of phenolic OH excluding ortho intramolecular Hbond substituents is 1. The van der Waals surface area contributed by atoms with Crippen LogP contribution in [0, 0.1) is 5.82 Å². The SMILES string of the molecule is O=C1C(=Cc2cccc(F)c2)SC(=S)N1c1cccc(O)c1. The highest BCUT2D eigenvalue weighted by atomic mass is 32.2. The quantitative estimate of drug-likeness (QED) is 0.668. The number of nitrogens with zero attached hydrogens (tertiary/aromatic N) is 1. The van der Waals surface area contributed by atoms with Crippen LogP contribution in [0.15, 0.2) is 53.4 Å². The Morgan fingerprint density at radius 3 is 2.68 bits per heavy atom. The summed E-state index contributed by atoms with van der Waals surface area (Å²) < 4.78 is 13.6. The third-order valence-corrected chi connectivity index (χ3v) is 4.33. The number of carbonyl (C=O) groups is 1. The molecule has 110 valence electrons. The van der Waals surface area contributed by atoms with Crippen LogP contribution in [0.4, 0.5) is 10.1 Å². The van der Waals surface area contributed by atoms with Crippen molar-refractivity contribution in [1.29, 1.82) is 0 Å². The number of hydrogen-bond acceptors (Lipinski definition) is 4. The van der Waals surface area contributed by atoms with Crippen molar-refractivity contribution >= 4 is 46.0 Å². The fourth-order valence-corrected chi connectivity index (χ4v) is 3.37. The Morgan fingerprint density at radius 1 is 1.18 bits per heavy atom. The van der Waals surface area contributed by atoms with E-state index in [0.29, 0.717) is 20.5 Å². The van der Waals surface area contributed by atoms with Crippen molar-refractivity contribution in [1.82, 2.24) is 0 Å². The first-order valence-corrected chi connectivity index (χ1v) is 7.59. The predicted octanol–water partition coefficient (Wildman–Crippen LogP) is 3.94. The van der Waals surface area contributed by atoms with E-state index in [1.807, 2.05) is 0 Å². The van der Waals surface area contributed by atoms with Gasteiger partial charge in [-0.15, -0.1) is 0 Å². The predicted molar refractivity (Wildman–Crippen MR) is 90.2 cm³/mol. The average molecular weight is 331 g/mol. The van der Waals surface area contributed by atoms with Crippen LogP contribution in [0.2, 0.25) is 0 Å². The highest BCUT2D eigenvalue weighted by molar-refractivity contribution is 8.27. The first-order chi connectivity index (χ1) is 10.5. The summed E-state index contributed by atoms with van der Waals surface area (Å²) >= 11 is 6.38. The Bertz CT molecular complexity index is 804. The number of hydrogen-bond donors (Lipinski definition) is 1. The molecule has 22 heavy (non-hydrogen) atoms. The largest absolute Gasteiger partial charge is 0.508 e. The molecule has 1 heterocycles. The summed E-state index contributed by atoms with van der Waals surface area (Å²) in [6.45, 7) is 0. The van der Waals surface area contributed by atoms with Crippen molar-refractivity contribution < 1.29 is 14.3 Å². The van der Waals surface area contributed by atoms with Gasteiger partial charge in [-0.05, 0) is 35.9 Å². The molecule has 1 saturated heterocycles. The molecular formula is C16H10FNO2S2. The Labute approximate surface area is 136 Å². The topological polar surface area (TPSA) is 40.5 Å². The molecule has 0 aromatic heterocycles. The molecule has 0 radical (unpaired) electrons. The van der Waals surface area contributed by atoms with E-state index in [0.717, 1.165) is 11.8 Å². The standard InChI is InChI=1S/C16H10FNO2S2/c17-11-4-1-3-10(7-11)8-14-15(20)18(16(21)22-14)12-5-2-6-13(19)9-12/h1-9,19H. The molecule has 2 aromatic rings. The minimum atomic E-state index is -0.364. The van der Waals surface area contributed by atoms with Crippen molar-refractivity contribution in [3.63, 3.8) is 0 Å². The number of rotatable bonds is 2. The maximum atomic E-state index is 13.2. The lowest BCUT2D eigenvalue weighted by Gasteiger charge is -2.14. The summed E-state index contributed by atoms with van der Waals surface area (Å²) in [6, 6.07) is 12.3. The monoisotopic (exact) mass is 331 g/mol. The molecule has 0 aliphatic carbocycles. The number of thiocarbonyl (C=S) groups is 1. The number of amides is 1. The van der Waals surface area contributed by atoms with Gasteiger partial charge in [0.1, 0.15) is 11.6 Å². The maximum Gasteiger partial charge on any atom is 0.270 e. The first kappa shape index (κ1) is 14.7. The Kier molecular flexibility index (Phi) is 3.96. The van der Waals surface area contributed by atoms with Crippen molar-refractivity contribution in [3.05, 3.63) is 64.8 Å². The Morgan fingerprint density at radius 2 is 1.95 bits per heavy atom. The average Bonchev–Trinajstić information content (AvgIpc) is 2.73. The van der Waals surface area contributed by atoms with Gasteiger partial charge in [0.15, 0.2) is 4.32 Å². The zero-order valence-electron chi connectivity index (χ0n) is 11.2. The first-order valence-electron chi connectivity index (χ1n) is 6.37. The third kappa shape index (κ3) is 2.88. The highest BCUT2D eigenvalue weighted by Crippen LogP contribution is 2.36. The van der Waals surface area contributed by atoms with Gasteiger partial charge in [0.25, 0.3) is 5.91 Å². The van der Waals surface area contributed by atoms with E-state index < -0.39 is 0 Å². The molecule has 0 unspecified atom stereocenters. The van der Waals surface area contributed by atoms with Gasteiger partial charge in [0.05, 0.1) is 10.6 Å². The van der Waals surface area contributed by atoms with Crippen LogP contribution in [-0.2, 0) is 4.79 Å². The van der Waals surface area contributed by atoms with Crippen molar-refractivity contribution in [2.24, 2.45) is 0 Å². The Balaban J connectivity index is 1.95. The van der Waals surface area contributed by atoms with Gasteiger partial charge in [0.2, 0.25) is 0 Å². The number of thioether (sulfide) groups is 1. The van der Waals surface area contributed by atoms with Crippen LogP contribution in [0.3, 0.4) is 0 Å². The second kappa shape index (κ2) is 5.90. The zero-order chi connectivity index (χ0) is 15.7. The van der Waals surface area contributed by atoms with Crippen molar-refractivity contribution in [2.75, 3.05) is 4.90 Å². The highest BCUT2D eigenvalue weighted by Gasteiger charge is 2.33. The molecule has 3 rings (SSSR count). The fraction of sp³-hybridized carbons (Fsp3) is 0. The van der Waals surface area contributed by atoms with Crippen LogP contribution in [-0.4, -0.2) is 15.3 Å². The van der Waals surface area contributed by atoms with Crippen LogP contribution in [0.25, 0.3) is 6.08 Å². The number of halogens is 1. The molecule has 0 saturated carbocycles. The number of carbonyl (C=O) groups excluding carboxylic acids is 1. The van der Waals surface area contributed by atoms with E-state index in [1.54, 1.807) is 30.3 Å². The summed E-state index contributed by atoms with van der Waals surface area (Å²) in [7, 11) is 0. The lowest BCUT2D eigenvalue weighted by molar-refractivity contribution is -0.113. The van der Waals surface area contributed by atoms with Crippen LogP contribution < -0.4 is 4.90 Å². The molecule has 0 spiro atoms. The van der Waals surface area contributed by atoms with Crippen LogP contribution in [0.1, 0.15) is 5.56 Å². The Hall–Kier alpha value is -2.18. The molecule has 2 aromatic carbocycles. The molecule has 0 atom stereocenters. The third-order valence-electron chi connectivity index (χ3n) is 3.03. The molecule has 1 aliphatic rings. The molecule has 1 aliphatic heterocycles. The fourth-order valence-electron chi connectivity index (χ4n) is 2.07. The normalized spacial score (nSPS) is 16.6. The lowest BCUT2D eigenvalue weighted by Crippen LogP contribution is -2.27. The summed E-state index contributed by atoms with van der Waals surface area (Å²) in [6.07, 6.45) is 1.60. The molecule has 1 amide bonds. The van der Waals surface area contributed by atoms with E-state index in [4.69, 9.17) is 12.2 Å². The molecular weight excluding hydrogens is 321 g/mol. The molecule has 3 nitrogen and oxygen atoms in total. The molecule has 1 N–H and O–H groups in total. The van der Waals surface area contributed by atoms with Gasteiger partial charge in [0, 0.05) is 6.07 Å². The molecule has 6 heteroatoms. The molecule has 1 fully saturated rings. The zero-order valence-corrected chi connectivity index (χ0v) is 12.8. The smallest absolute Gasteiger partial charge is 0.270 e. The summed E-state index contributed by atoms with van der Waals surface area (Å²) in [5.74, 6) is -0.595. The number of anilines is 1. The summed E-state index contributed by atoms with van der Waals surface area (Å²) in [4.78, 5) is 14.3. The van der Waals surface area contributed by atoms with E-state index in [-0.39, 0.29) is 17.5 Å². The van der Waals surface area contributed by atoms with Gasteiger partial charge in [-0.1, -0.05) is 42.2 Å². The lowest BCUT2D eigenvalue weighted by atomic mass is 10.2. The number of aromatic hydroxyl groups is 1. The van der Waals surface area contributed by atoms with E-state index in [1.165, 1.54) is 29.2 Å². The minimum absolute atomic E-state index is 0.0562. The van der Waals surface area contributed by atoms with Gasteiger partial charge >= 0.3 is 0 Å². The van der Waals surface area contributed by atoms with Gasteiger partial charge in [-0.25, -0.2) is 4.39 Å². The molecule has 0 bridgehead atoms. The van der Waals surface area contributed by atoms with Crippen LogP contribution >= 0.6 is 24.0 Å². The van der Waals surface area contributed by atoms with E-state index in [2.05, 4.69) is 0 Å². The van der Waals surface area contributed by atoms with E-state index >= 15 is 0 Å². The number of phenols is 1. The van der Waals surface area contributed by atoms with Crippen LogP contribution in [0.5, 0.6) is 5.75 Å². The van der Waals surface area contributed by atoms with E-state index in [9.17, 15) is 14.3 Å². The second-order valence-corrected chi connectivity index (χ2v) is 6.27. The van der Waals surface area contributed by atoms with Gasteiger partial charge in [-0.2, -0.15) is 0 Å².